The van der Waals surface area contributed by atoms with Crippen molar-refractivity contribution in [3.8, 4) is 0 Å². The minimum Gasteiger partial charge on any atom is -0.381 e. The third kappa shape index (κ3) is 2.36. The van der Waals surface area contributed by atoms with Crippen LogP contribution in [-0.2, 0) is 6.54 Å². The van der Waals surface area contributed by atoms with E-state index in [1.165, 1.54) is 29.8 Å². The number of hydrogen-bond donors (Lipinski definition) is 1. The Morgan fingerprint density at radius 2 is 2.05 bits per heavy atom. The lowest BCUT2D eigenvalue weighted by atomic mass is 10.2. The van der Waals surface area contributed by atoms with Crippen LogP contribution >= 0.6 is 11.5 Å². The third-order valence-electron chi connectivity index (χ3n) is 3.52. The number of rotatable bonds is 4. The van der Waals surface area contributed by atoms with E-state index >= 15 is 0 Å². The quantitative estimate of drug-likeness (QED) is 0.794. The van der Waals surface area contributed by atoms with Crippen molar-refractivity contribution in [1.82, 2.24) is 14.3 Å². The van der Waals surface area contributed by atoms with E-state index in [9.17, 15) is 0 Å². The lowest BCUT2D eigenvalue weighted by Gasteiger charge is -2.06. The molecule has 3 aromatic rings. The zero-order valence-corrected chi connectivity index (χ0v) is 11.7. The maximum Gasteiger partial charge on any atom is 0.131 e. The van der Waals surface area contributed by atoms with Crippen LogP contribution in [-0.4, -0.2) is 14.3 Å². The van der Waals surface area contributed by atoms with Gasteiger partial charge in [0.2, 0.25) is 0 Å². The Morgan fingerprint density at radius 3 is 2.85 bits per heavy atom. The molecule has 0 atom stereocenters. The van der Waals surface area contributed by atoms with Crippen LogP contribution in [0.3, 0.4) is 0 Å². The Balaban J connectivity index is 1.45. The normalized spacial score (nSPS) is 14.6. The molecular weight excluding hydrogens is 268 g/mol. The maximum absolute atomic E-state index is 4.44. The summed E-state index contributed by atoms with van der Waals surface area (Å²) >= 11 is 1.49. The molecule has 1 aliphatic carbocycles. The van der Waals surface area contributed by atoms with Gasteiger partial charge in [0.1, 0.15) is 5.82 Å². The number of fused-ring (bicyclic) bond motifs is 1. The van der Waals surface area contributed by atoms with Crippen LogP contribution in [0, 0.1) is 0 Å². The van der Waals surface area contributed by atoms with Gasteiger partial charge in [-0.1, -0.05) is 0 Å². The molecule has 0 amide bonds. The fourth-order valence-corrected chi connectivity index (χ4v) is 2.83. The summed E-state index contributed by atoms with van der Waals surface area (Å²) in [7, 11) is 0. The fourth-order valence-electron chi connectivity index (χ4n) is 2.19. The fraction of sp³-hybridized carbons (Fsp3) is 0.267. The first-order valence-electron chi connectivity index (χ1n) is 6.77. The molecule has 1 N–H and O–H groups in total. The van der Waals surface area contributed by atoms with Gasteiger partial charge in [-0.15, -0.1) is 0 Å². The van der Waals surface area contributed by atoms with Gasteiger partial charge >= 0.3 is 0 Å². The number of anilines is 1. The summed E-state index contributed by atoms with van der Waals surface area (Å²) in [4.78, 5) is 8.87. The van der Waals surface area contributed by atoms with Crippen molar-refractivity contribution >= 4 is 28.1 Å². The van der Waals surface area contributed by atoms with Gasteiger partial charge < -0.3 is 5.32 Å². The summed E-state index contributed by atoms with van der Waals surface area (Å²) in [6.07, 6.45) is 6.34. The van der Waals surface area contributed by atoms with E-state index in [-0.39, 0.29) is 0 Å². The molecule has 1 saturated carbocycles. The van der Waals surface area contributed by atoms with E-state index in [1.54, 1.807) is 0 Å². The van der Waals surface area contributed by atoms with Crippen LogP contribution in [0.15, 0.2) is 36.0 Å². The van der Waals surface area contributed by atoms with E-state index in [0.717, 1.165) is 29.1 Å². The van der Waals surface area contributed by atoms with Crippen LogP contribution in [0.25, 0.3) is 10.9 Å². The second-order valence-corrected chi connectivity index (χ2v) is 5.79. The van der Waals surface area contributed by atoms with Gasteiger partial charge in [-0.05, 0) is 42.6 Å². The highest BCUT2D eigenvalue weighted by atomic mass is 32.1. The summed E-state index contributed by atoms with van der Waals surface area (Å²) in [5.41, 5.74) is 3.26. The SMILES string of the molecule is c1nc(C2CC2)ncc1CNc1ccc2nscc2c1. The molecule has 0 radical (unpaired) electrons. The highest BCUT2D eigenvalue weighted by Crippen LogP contribution is 2.37. The van der Waals surface area contributed by atoms with Crippen LogP contribution in [0.4, 0.5) is 5.69 Å². The third-order valence-corrected chi connectivity index (χ3v) is 4.18. The Labute approximate surface area is 121 Å². The van der Waals surface area contributed by atoms with E-state index in [0.29, 0.717) is 5.92 Å². The maximum atomic E-state index is 4.44. The van der Waals surface area contributed by atoms with Crippen molar-refractivity contribution in [2.45, 2.75) is 25.3 Å². The average Bonchev–Trinajstić information content (AvgIpc) is 3.23. The molecule has 1 fully saturated rings. The molecule has 0 bridgehead atoms. The van der Waals surface area contributed by atoms with Crippen molar-refractivity contribution in [2.24, 2.45) is 0 Å². The molecule has 0 spiro atoms. The van der Waals surface area contributed by atoms with Gasteiger partial charge in [0.25, 0.3) is 0 Å². The molecule has 4 rings (SSSR count). The standard InChI is InChI=1S/C15H14N4S/c1-2-11(1)15-17-7-10(8-18-15)6-16-13-3-4-14-12(5-13)9-20-19-14/h3-5,7-9,11,16H,1-2,6H2. The molecule has 5 heteroatoms. The van der Waals surface area contributed by atoms with Crippen molar-refractivity contribution in [3.05, 3.63) is 47.4 Å². The minimum atomic E-state index is 0.616. The highest BCUT2D eigenvalue weighted by Gasteiger charge is 2.25. The molecule has 0 aliphatic heterocycles. The molecule has 2 heterocycles. The van der Waals surface area contributed by atoms with Crippen LogP contribution in [0.1, 0.15) is 30.1 Å². The molecule has 2 aromatic heterocycles. The summed E-state index contributed by atoms with van der Waals surface area (Å²) < 4.78 is 4.30. The van der Waals surface area contributed by atoms with Crippen LogP contribution in [0.5, 0.6) is 0 Å². The van der Waals surface area contributed by atoms with Crippen molar-refractivity contribution in [3.63, 3.8) is 0 Å². The van der Waals surface area contributed by atoms with E-state index in [4.69, 9.17) is 0 Å². The van der Waals surface area contributed by atoms with E-state index in [2.05, 4.69) is 37.2 Å². The van der Waals surface area contributed by atoms with Gasteiger partial charge in [0.05, 0.1) is 5.52 Å². The number of nitrogens with zero attached hydrogens (tertiary/aromatic N) is 3. The van der Waals surface area contributed by atoms with Crippen molar-refractivity contribution in [1.29, 1.82) is 0 Å². The molecule has 4 nitrogen and oxygen atoms in total. The second kappa shape index (κ2) is 4.83. The zero-order chi connectivity index (χ0) is 13.4. The Bertz CT molecular complexity index is 731. The molecule has 20 heavy (non-hydrogen) atoms. The molecule has 1 aromatic carbocycles. The Kier molecular flexibility index (Phi) is 2.85. The molecule has 0 unspecified atom stereocenters. The Hall–Kier alpha value is -2.01. The van der Waals surface area contributed by atoms with Gasteiger partial charge in [-0.3, -0.25) is 0 Å². The first kappa shape index (κ1) is 11.8. The molecule has 100 valence electrons. The number of hydrogen-bond acceptors (Lipinski definition) is 5. The highest BCUT2D eigenvalue weighted by molar-refractivity contribution is 7.04. The summed E-state index contributed by atoms with van der Waals surface area (Å²) in [6.45, 7) is 0.744. The first-order valence-corrected chi connectivity index (χ1v) is 7.61. The monoisotopic (exact) mass is 282 g/mol. The minimum absolute atomic E-state index is 0.616. The van der Waals surface area contributed by atoms with E-state index < -0.39 is 0 Å². The van der Waals surface area contributed by atoms with Gasteiger partial charge in [0.15, 0.2) is 0 Å². The molecule has 1 aliphatic rings. The van der Waals surface area contributed by atoms with Crippen molar-refractivity contribution in [2.75, 3.05) is 5.32 Å². The second-order valence-electron chi connectivity index (χ2n) is 5.17. The topological polar surface area (TPSA) is 50.7 Å². The van der Waals surface area contributed by atoms with Gasteiger partial charge in [-0.25, -0.2) is 9.97 Å². The summed E-state index contributed by atoms with van der Waals surface area (Å²) in [6, 6.07) is 6.22. The molecular formula is C15H14N4S. The Morgan fingerprint density at radius 1 is 1.20 bits per heavy atom. The van der Waals surface area contributed by atoms with Crippen LogP contribution < -0.4 is 5.32 Å². The van der Waals surface area contributed by atoms with E-state index in [1.807, 2.05) is 18.5 Å². The number of nitrogens with one attached hydrogen (secondary N) is 1. The number of aromatic nitrogens is 3. The predicted octanol–water partition coefficient (Wildman–Crippen LogP) is 3.58. The lowest BCUT2D eigenvalue weighted by Crippen LogP contribution is -2.02. The number of benzene rings is 1. The summed E-state index contributed by atoms with van der Waals surface area (Å²) in [5.74, 6) is 1.62. The zero-order valence-electron chi connectivity index (χ0n) is 10.9. The van der Waals surface area contributed by atoms with Gasteiger partial charge in [0, 0.05) is 46.9 Å². The molecule has 0 saturated heterocycles. The smallest absolute Gasteiger partial charge is 0.131 e. The summed E-state index contributed by atoms with van der Waals surface area (Å²) in [5, 5.41) is 6.65. The predicted molar refractivity (Wildman–Crippen MR) is 81.0 cm³/mol. The largest absolute Gasteiger partial charge is 0.381 e. The van der Waals surface area contributed by atoms with Crippen LogP contribution in [0.2, 0.25) is 0 Å². The average molecular weight is 282 g/mol. The van der Waals surface area contributed by atoms with Crippen molar-refractivity contribution < 1.29 is 0 Å². The lowest BCUT2D eigenvalue weighted by molar-refractivity contribution is 0.905. The first-order chi connectivity index (χ1) is 9.88. The van der Waals surface area contributed by atoms with Gasteiger partial charge in [-0.2, -0.15) is 4.37 Å².